The predicted octanol–water partition coefficient (Wildman–Crippen LogP) is 2.22. The van der Waals surface area contributed by atoms with Gasteiger partial charge in [0, 0.05) is 18.2 Å². The minimum Gasteiger partial charge on any atom is -0.314 e. The molecule has 4 heteroatoms. The summed E-state index contributed by atoms with van der Waals surface area (Å²) in [5.74, 6) is 0. The van der Waals surface area contributed by atoms with E-state index in [1.165, 1.54) is 12.1 Å². The van der Waals surface area contributed by atoms with Crippen molar-refractivity contribution in [3.8, 4) is 0 Å². The lowest BCUT2D eigenvalue weighted by atomic mass is 10.1. The zero-order valence-corrected chi connectivity index (χ0v) is 8.81. The van der Waals surface area contributed by atoms with Crippen molar-refractivity contribution in [2.75, 3.05) is 7.05 Å². The molecule has 1 aromatic rings. The van der Waals surface area contributed by atoms with Crippen LogP contribution in [0.4, 0.5) is 5.69 Å². The first-order valence-electron chi connectivity index (χ1n) is 4.73. The zero-order valence-electron chi connectivity index (χ0n) is 8.81. The van der Waals surface area contributed by atoms with Gasteiger partial charge >= 0.3 is 0 Å². The van der Waals surface area contributed by atoms with Crippen LogP contribution >= 0.6 is 0 Å². The van der Waals surface area contributed by atoms with E-state index in [4.69, 9.17) is 0 Å². The van der Waals surface area contributed by atoms with E-state index in [1.54, 1.807) is 12.1 Å². The largest absolute Gasteiger partial charge is 0.314 e. The van der Waals surface area contributed by atoms with E-state index in [9.17, 15) is 10.1 Å². The SMILES string of the molecule is CNC(C)/C=C/c1ccc([N+](=O)[O-])cc1. The Hall–Kier alpha value is -1.68. The van der Waals surface area contributed by atoms with Gasteiger partial charge in [0.1, 0.15) is 0 Å². The Morgan fingerprint density at radius 1 is 1.40 bits per heavy atom. The fraction of sp³-hybridized carbons (Fsp3) is 0.273. The number of non-ortho nitro benzene ring substituents is 1. The quantitative estimate of drug-likeness (QED) is 0.607. The summed E-state index contributed by atoms with van der Waals surface area (Å²) in [6, 6.07) is 6.77. The molecule has 0 spiro atoms. The second-order valence-corrected chi connectivity index (χ2v) is 3.29. The molecule has 1 atom stereocenters. The van der Waals surface area contributed by atoms with Crippen LogP contribution in [0.5, 0.6) is 0 Å². The maximum absolute atomic E-state index is 10.4. The highest BCUT2D eigenvalue weighted by Gasteiger charge is 2.02. The highest BCUT2D eigenvalue weighted by Crippen LogP contribution is 2.12. The van der Waals surface area contributed by atoms with Crippen molar-refractivity contribution in [3.05, 3.63) is 46.0 Å². The lowest BCUT2D eigenvalue weighted by Crippen LogP contribution is -2.17. The maximum Gasteiger partial charge on any atom is 0.269 e. The molecule has 0 amide bonds. The fourth-order valence-corrected chi connectivity index (χ4v) is 1.06. The summed E-state index contributed by atoms with van der Waals surface area (Å²) in [6.45, 7) is 2.03. The molecule has 0 aliphatic heterocycles. The molecule has 1 aromatic carbocycles. The first-order valence-corrected chi connectivity index (χ1v) is 4.73. The molecule has 0 heterocycles. The van der Waals surface area contributed by atoms with Crippen LogP contribution in [0.1, 0.15) is 12.5 Å². The molecule has 1 unspecified atom stereocenters. The van der Waals surface area contributed by atoms with E-state index in [2.05, 4.69) is 5.32 Å². The van der Waals surface area contributed by atoms with Crippen LogP contribution in [0.3, 0.4) is 0 Å². The number of nitro benzene ring substituents is 1. The van der Waals surface area contributed by atoms with Crippen molar-refractivity contribution in [1.82, 2.24) is 5.32 Å². The van der Waals surface area contributed by atoms with Crippen LogP contribution < -0.4 is 5.32 Å². The third-order valence-electron chi connectivity index (χ3n) is 2.14. The van der Waals surface area contributed by atoms with Crippen molar-refractivity contribution in [3.63, 3.8) is 0 Å². The highest BCUT2D eigenvalue weighted by atomic mass is 16.6. The lowest BCUT2D eigenvalue weighted by molar-refractivity contribution is -0.384. The molecule has 15 heavy (non-hydrogen) atoms. The summed E-state index contributed by atoms with van der Waals surface area (Å²) in [5.41, 5.74) is 1.08. The van der Waals surface area contributed by atoms with Gasteiger partial charge in [-0.25, -0.2) is 0 Å². The van der Waals surface area contributed by atoms with Gasteiger partial charge < -0.3 is 5.32 Å². The summed E-state index contributed by atoms with van der Waals surface area (Å²) in [7, 11) is 1.88. The van der Waals surface area contributed by atoms with E-state index >= 15 is 0 Å². The van der Waals surface area contributed by atoms with Gasteiger partial charge in [-0.3, -0.25) is 10.1 Å². The van der Waals surface area contributed by atoms with Gasteiger partial charge in [-0.05, 0) is 31.7 Å². The van der Waals surface area contributed by atoms with Gasteiger partial charge in [-0.15, -0.1) is 0 Å². The van der Waals surface area contributed by atoms with Crippen LogP contribution in [0.25, 0.3) is 6.08 Å². The van der Waals surface area contributed by atoms with Gasteiger partial charge in [-0.1, -0.05) is 12.2 Å². The van der Waals surface area contributed by atoms with E-state index in [-0.39, 0.29) is 5.69 Å². The number of nitrogens with one attached hydrogen (secondary N) is 1. The number of benzene rings is 1. The molecule has 0 aliphatic rings. The van der Waals surface area contributed by atoms with Gasteiger partial charge in [0.2, 0.25) is 0 Å². The molecule has 4 nitrogen and oxygen atoms in total. The average Bonchev–Trinajstić information content (AvgIpc) is 2.26. The van der Waals surface area contributed by atoms with Crippen LogP contribution in [-0.2, 0) is 0 Å². The topological polar surface area (TPSA) is 55.2 Å². The minimum absolute atomic E-state index is 0.119. The smallest absolute Gasteiger partial charge is 0.269 e. The van der Waals surface area contributed by atoms with Gasteiger partial charge in [0.05, 0.1) is 4.92 Å². The molecule has 0 saturated carbocycles. The van der Waals surface area contributed by atoms with Crippen molar-refractivity contribution >= 4 is 11.8 Å². The van der Waals surface area contributed by atoms with Gasteiger partial charge in [0.25, 0.3) is 5.69 Å². The molecule has 0 aromatic heterocycles. The number of likely N-dealkylation sites (N-methyl/N-ethyl adjacent to an activating group) is 1. The Bertz CT molecular complexity index is 357. The Morgan fingerprint density at radius 2 is 2.00 bits per heavy atom. The second-order valence-electron chi connectivity index (χ2n) is 3.29. The van der Waals surface area contributed by atoms with E-state index in [0.29, 0.717) is 6.04 Å². The zero-order chi connectivity index (χ0) is 11.3. The number of rotatable bonds is 4. The summed E-state index contributed by atoms with van der Waals surface area (Å²) < 4.78 is 0. The minimum atomic E-state index is -0.399. The molecule has 0 fully saturated rings. The molecular weight excluding hydrogens is 192 g/mol. The third kappa shape index (κ3) is 3.52. The average molecular weight is 206 g/mol. The number of hydrogen-bond donors (Lipinski definition) is 1. The molecular formula is C11H14N2O2. The first kappa shape index (κ1) is 11.4. The standard InChI is InChI=1S/C11H14N2O2/c1-9(12-2)3-4-10-5-7-11(8-6-10)13(14)15/h3-9,12H,1-2H3/b4-3+. The van der Waals surface area contributed by atoms with Crippen molar-refractivity contribution in [2.24, 2.45) is 0 Å². The van der Waals surface area contributed by atoms with Crippen LogP contribution in [0.2, 0.25) is 0 Å². The molecule has 0 saturated heterocycles. The Morgan fingerprint density at radius 3 is 2.47 bits per heavy atom. The molecule has 1 N–H and O–H groups in total. The second kappa shape index (κ2) is 5.26. The first-order chi connectivity index (χ1) is 7.13. The summed E-state index contributed by atoms with van der Waals surface area (Å²) >= 11 is 0. The monoisotopic (exact) mass is 206 g/mol. The summed E-state index contributed by atoms with van der Waals surface area (Å²) in [5, 5.41) is 13.5. The fourth-order valence-electron chi connectivity index (χ4n) is 1.06. The predicted molar refractivity (Wildman–Crippen MR) is 60.7 cm³/mol. The third-order valence-corrected chi connectivity index (χ3v) is 2.14. The molecule has 80 valence electrons. The van der Waals surface area contributed by atoms with E-state index in [1.807, 2.05) is 26.1 Å². The Balaban J connectivity index is 2.72. The lowest BCUT2D eigenvalue weighted by Gasteiger charge is -2.01. The van der Waals surface area contributed by atoms with Gasteiger partial charge in [0.15, 0.2) is 0 Å². The van der Waals surface area contributed by atoms with E-state index < -0.39 is 4.92 Å². The number of nitro groups is 1. The van der Waals surface area contributed by atoms with Crippen molar-refractivity contribution in [2.45, 2.75) is 13.0 Å². The van der Waals surface area contributed by atoms with Gasteiger partial charge in [-0.2, -0.15) is 0 Å². The van der Waals surface area contributed by atoms with Crippen LogP contribution in [-0.4, -0.2) is 18.0 Å². The molecule has 0 bridgehead atoms. The van der Waals surface area contributed by atoms with Crippen molar-refractivity contribution < 1.29 is 4.92 Å². The van der Waals surface area contributed by atoms with Crippen LogP contribution in [0, 0.1) is 10.1 Å². The molecule has 0 aliphatic carbocycles. The molecule has 1 rings (SSSR count). The Kier molecular flexibility index (Phi) is 4.00. The summed E-state index contributed by atoms with van der Waals surface area (Å²) in [6.07, 6.45) is 3.94. The van der Waals surface area contributed by atoms with Crippen LogP contribution in [0.15, 0.2) is 30.3 Å². The van der Waals surface area contributed by atoms with Crippen molar-refractivity contribution in [1.29, 1.82) is 0 Å². The number of hydrogen-bond acceptors (Lipinski definition) is 3. The van der Waals surface area contributed by atoms with E-state index in [0.717, 1.165) is 5.56 Å². The Labute approximate surface area is 88.8 Å². The molecule has 0 radical (unpaired) electrons. The number of nitrogens with zero attached hydrogens (tertiary/aromatic N) is 1. The summed E-state index contributed by atoms with van der Waals surface area (Å²) in [4.78, 5) is 10.0. The highest BCUT2D eigenvalue weighted by molar-refractivity contribution is 5.52. The normalized spacial score (nSPS) is 12.9. The maximum atomic E-state index is 10.4.